The topological polar surface area (TPSA) is 43.1 Å². The van der Waals surface area contributed by atoms with Gasteiger partial charge in [0.15, 0.2) is 0 Å². The number of Topliss-reactive ketones (excluding diaryl/α,β-unsaturated/α-hetero) is 1. The summed E-state index contributed by atoms with van der Waals surface area (Å²) in [6, 6.07) is 0.166. The number of hydrogen-bond donors (Lipinski definition) is 1. The Morgan fingerprint density at radius 2 is 2.25 bits per heavy atom. The van der Waals surface area contributed by atoms with E-state index in [1.807, 2.05) is 6.92 Å². The van der Waals surface area contributed by atoms with Crippen molar-refractivity contribution in [2.75, 3.05) is 0 Å². The summed E-state index contributed by atoms with van der Waals surface area (Å²) in [7, 11) is 0. The third kappa shape index (κ3) is 5.63. The predicted molar refractivity (Wildman–Crippen MR) is 33.6 cm³/mol. The fourth-order valence-electron chi connectivity index (χ4n) is 0.431. The molecule has 1 unspecified atom stereocenters. The number of rotatable bonds is 3. The van der Waals surface area contributed by atoms with Gasteiger partial charge in [-0.15, -0.1) is 0 Å². The Morgan fingerprint density at radius 3 is 2.38 bits per heavy atom. The van der Waals surface area contributed by atoms with E-state index in [2.05, 4.69) is 0 Å². The molecule has 0 aromatic carbocycles. The molecule has 0 aromatic rings. The lowest BCUT2D eigenvalue weighted by atomic mass is 10.1. The van der Waals surface area contributed by atoms with Crippen molar-refractivity contribution in [3.8, 4) is 0 Å². The molecule has 0 radical (unpaired) electrons. The van der Waals surface area contributed by atoms with Crippen molar-refractivity contribution >= 4 is 5.78 Å². The van der Waals surface area contributed by atoms with Crippen LogP contribution in [0.15, 0.2) is 0 Å². The molecule has 0 aliphatic heterocycles. The molecule has 0 amide bonds. The van der Waals surface area contributed by atoms with Crippen molar-refractivity contribution in [1.29, 1.82) is 0 Å². The molecule has 8 heavy (non-hydrogen) atoms. The second-order valence-corrected chi connectivity index (χ2v) is 2.22. The van der Waals surface area contributed by atoms with Gasteiger partial charge in [-0.1, -0.05) is 0 Å². The van der Waals surface area contributed by atoms with Crippen molar-refractivity contribution in [2.45, 2.75) is 32.7 Å². The highest BCUT2D eigenvalue weighted by molar-refractivity contribution is 5.75. The summed E-state index contributed by atoms with van der Waals surface area (Å²) in [5.41, 5.74) is 5.39. The summed E-state index contributed by atoms with van der Waals surface area (Å²) in [6.45, 7) is 3.49. The van der Waals surface area contributed by atoms with Gasteiger partial charge in [-0.05, 0) is 20.3 Å². The van der Waals surface area contributed by atoms with Gasteiger partial charge in [0.2, 0.25) is 0 Å². The van der Waals surface area contributed by atoms with Gasteiger partial charge >= 0.3 is 0 Å². The van der Waals surface area contributed by atoms with Crippen molar-refractivity contribution in [1.82, 2.24) is 0 Å². The van der Waals surface area contributed by atoms with Crippen LogP contribution in [0.1, 0.15) is 26.7 Å². The van der Waals surface area contributed by atoms with Crippen LogP contribution < -0.4 is 5.73 Å². The van der Waals surface area contributed by atoms with E-state index < -0.39 is 0 Å². The zero-order valence-corrected chi connectivity index (χ0v) is 5.48. The molecular formula is C6H13NO. The van der Waals surface area contributed by atoms with E-state index in [-0.39, 0.29) is 11.8 Å². The number of carbonyl (C=O) groups is 1. The summed E-state index contributed by atoms with van der Waals surface area (Å²) >= 11 is 0. The highest BCUT2D eigenvalue weighted by atomic mass is 16.1. The average Bonchev–Trinajstić information content (AvgIpc) is 1.61. The highest BCUT2D eigenvalue weighted by Gasteiger charge is 1.95. The molecule has 48 valence electrons. The molecule has 0 bridgehead atoms. The van der Waals surface area contributed by atoms with Crippen LogP contribution in [-0.4, -0.2) is 11.8 Å². The van der Waals surface area contributed by atoms with Gasteiger partial charge in [-0.2, -0.15) is 0 Å². The Balaban J connectivity index is 3.05. The molecule has 2 heteroatoms. The van der Waals surface area contributed by atoms with E-state index in [0.29, 0.717) is 6.42 Å². The second kappa shape index (κ2) is 3.61. The standard InChI is InChI=1S/C6H13NO/c1-5(7)3-4-6(2)8/h5H,3-4,7H2,1-2H3. The molecule has 0 rings (SSSR count). The molecular weight excluding hydrogens is 102 g/mol. The molecule has 2 nitrogen and oxygen atoms in total. The van der Waals surface area contributed by atoms with Crippen LogP contribution in [0, 0.1) is 0 Å². The lowest BCUT2D eigenvalue weighted by Crippen LogP contribution is -2.15. The van der Waals surface area contributed by atoms with Crippen LogP contribution in [0.2, 0.25) is 0 Å². The van der Waals surface area contributed by atoms with Crippen molar-refractivity contribution in [3.05, 3.63) is 0 Å². The summed E-state index contributed by atoms with van der Waals surface area (Å²) < 4.78 is 0. The van der Waals surface area contributed by atoms with E-state index in [1.54, 1.807) is 6.92 Å². The average molecular weight is 115 g/mol. The normalized spacial score (nSPS) is 13.4. The molecule has 0 aromatic heterocycles. The van der Waals surface area contributed by atoms with Gasteiger partial charge < -0.3 is 10.5 Å². The van der Waals surface area contributed by atoms with Crippen molar-refractivity contribution in [2.24, 2.45) is 5.73 Å². The van der Waals surface area contributed by atoms with Gasteiger partial charge in [0, 0.05) is 12.5 Å². The number of hydrogen-bond acceptors (Lipinski definition) is 2. The van der Waals surface area contributed by atoms with Crippen LogP contribution in [0.5, 0.6) is 0 Å². The molecule has 0 fully saturated rings. The molecule has 1 atom stereocenters. The van der Waals surface area contributed by atoms with Gasteiger partial charge in [0.1, 0.15) is 5.78 Å². The minimum Gasteiger partial charge on any atom is -0.328 e. The smallest absolute Gasteiger partial charge is 0.129 e. The maximum absolute atomic E-state index is 10.3. The number of ketones is 1. The molecule has 0 aliphatic carbocycles. The molecule has 0 spiro atoms. The summed E-state index contributed by atoms with van der Waals surface area (Å²) in [5, 5.41) is 0. The van der Waals surface area contributed by atoms with Crippen LogP contribution >= 0.6 is 0 Å². The summed E-state index contributed by atoms with van der Waals surface area (Å²) in [4.78, 5) is 10.3. The first-order chi connectivity index (χ1) is 3.63. The fourth-order valence-corrected chi connectivity index (χ4v) is 0.431. The molecule has 2 N–H and O–H groups in total. The molecule has 0 heterocycles. The van der Waals surface area contributed by atoms with Gasteiger partial charge in [0.05, 0.1) is 0 Å². The van der Waals surface area contributed by atoms with E-state index >= 15 is 0 Å². The third-order valence-electron chi connectivity index (χ3n) is 0.952. The van der Waals surface area contributed by atoms with Crippen molar-refractivity contribution in [3.63, 3.8) is 0 Å². The highest BCUT2D eigenvalue weighted by Crippen LogP contribution is 1.92. The van der Waals surface area contributed by atoms with Crippen LogP contribution in [0.3, 0.4) is 0 Å². The quantitative estimate of drug-likeness (QED) is 0.588. The van der Waals surface area contributed by atoms with Gasteiger partial charge in [0.25, 0.3) is 0 Å². The number of nitrogens with two attached hydrogens (primary N) is 1. The largest absolute Gasteiger partial charge is 0.328 e. The Kier molecular flexibility index (Phi) is 3.44. The summed E-state index contributed by atoms with van der Waals surface area (Å²) in [6.07, 6.45) is 1.44. The second-order valence-electron chi connectivity index (χ2n) is 2.22. The Bertz CT molecular complexity index is 78.6. The lowest BCUT2D eigenvalue weighted by Gasteiger charge is -1.99. The van der Waals surface area contributed by atoms with Crippen molar-refractivity contribution < 1.29 is 4.79 Å². The van der Waals surface area contributed by atoms with Crippen LogP contribution in [0.25, 0.3) is 0 Å². The van der Waals surface area contributed by atoms with Crippen LogP contribution in [0.4, 0.5) is 0 Å². The van der Waals surface area contributed by atoms with E-state index in [0.717, 1.165) is 6.42 Å². The van der Waals surface area contributed by atoms with E-state index in [1.165, 1.54) is 0 Å². The van der Waals surface area contributed by atoms with E-state index in [4.69, 9.17) is 5.73 Å². The lowest BCUT2D eigenvalue weighted by molar-refractivity contribution is -0.117. The molecule has 0 aliphatic rings. The molecule has 0 saturated heterocycles. The monoisotopic (exact) mass is 115 g/mol. The minimum absolute atomic E-state index is 0.166. The zero-order chi connectivity index (χ0) is 6.57. The maximum atomic E-state index is 10.3. The SMILES string of the molecule is CC(=O)CCC(C)N. The fraction of sp³-hybridized carbons (Fsp3) is 0.833. The predicted octanol–water partition coefficient (Wildman–Crippen LogP) is 0.703. The van der Waals surface area contributed by atoms with E-state index in [9.17, 15) is 4.79 Å². The molecule has 0 saturated carbocycles. The Hall–Kier alpha value is -0.370. The third-order valence-corrected chi connectivity index (χ3v) is 0.952. The Labute approximate surface area is 50.1 Å². The van der Waals surface area contributed by atoms with Gasteiger partial charge in [-0.3, -0.25) is 0 Å². The van der Waals surface area contributed by atoms with Crippen LogP contribution in [-0.2, 0) is 4.79 Å². The minimum atomic E-state index is 0.166. The summed E-state index contributed by atoms with van der Waals surface area (Å²) in [5.74, 6) is 0.224. The Morgan fingerprint density at radius 1 is 1.75 bits per heavy atom. The first-order valence-corrected chi connectivity index (χ1v) is 2.88. The maximum Gasteiger partial charge on any atom is 0.129 e. The zero-order valence-electron chi connectivity index (χ0n) is 5.48. The van der Waals surface area contributed by atoms with Gasteiger partial charge in [-0.25, -0.2) is 0 Å². The first kappa shape index (κ1) is 7.63. The number of carbonyl (C=O) groups excluding carboxylic acids is 1. The first-order valence-electron chi connectivity index (χ1n) is 2.88.